The molecule has 2 aromatic rings. The third kappa shape index (κ3) is 2.84. The number of aromatic nitrogens is 2. The highest BCUT2D eigenvalue weighted by Gasteiger charge is 2.18. The quantitative estimate of drug-likeness (QED) is 0.685. The smallest absolute Gasteiger partial charge is 0.283 e. The van der Waals surface area contributed by atoms with Gasteiger partial charge in [0.1, 0.15) is 6.33 Å². The summed E-state index contributed by atoms with van der Waals surface area (Å²) in [6.45, 7) is 1.57. The highest BCUT2D eigenvalue weighted by Crippen LogP contribution is 2.36. The van der Waals surface area contributed by atoms with E-state index in [1.165, 1.54) is 35.7 Å². The van der Waals surface area contributed by atoms with Gasteiger partial charge in [0.25, 0.3) is 5.69 Å². The first kappa shape index (κ1) is 12.9. The van der Waals surface area contributed by atoms with Gasteiger partial charge in [-0.15, -0.1) is 0 Å². The van der Waals surface area contributed by atoms with E-state index in [0.717, 1.165) is 0 Å². The molecule has 0 saturated carbocycles. The van der Waals surface area contributed by atoms with Crippen LogP contribution in [-0.4, -0.2) is 19.4 Å². The maximum absolute atomic E-state index is 11.0. The van der Waals surface area contributed by atoms with Crippen molar-refractivity contribution in [2.75, 3.05) is 0 Å². The summed E-state index contributed by atoms with van der Waals surface area (Å²) in [7, 11) is 0. The number of benzene rings is 1. The monoisotopic (exact) mass is 283 g/mol. The van der Waals surface area contributed by atoms with E-state index in [0.29, 0.717) is 14.8 Å². The Hall–Kier alpha value is -1.51. The normalized spacial score (nSPS) is 12.3. The van der Waals surface area contributed by atoms with Crippen molar-refractivity contribution in [1.82, 2.24) is 9.36 Å². The second kappa shape index (κ2) is 5.42. The van der Waals surface area contributed by atoms with E-state index in [2.05, 4.69) is 9.36 Å². The van der Waals surface area contributed by atoms with Gasteiger partial charge >= 0.3 is 0 Å². The van der Waals surface area contributed by atoms with E-state index in [1.54, 1.807) is 19.1 Å². The number of aliphatic hydroxyl groups excluding tert-OH is 1. The molecule has 1 aromatic carbocycles. The Balaban J connectivity index is 2.37. The van der Waals surface area contributed by atoms with Crippen molar-refractivity contribution in [3.05, 3.63) is 40.2 Å². The molecule has 1 aromatic heterocycles. The summed E-state index contributed by atoms with van der Waals surface area (Å²) in [5, 5.41) is 20.4. The van der Waals surface area contributed by atoms with Crippen LogP contribution in [0.1, 0.15) is 18.6 Å². The molecule has 0 spiro atoms. The van der Waals surface area contributed by atoms with Crippen LogP contribution in [0.4, 0.5) is 5.69 Å². The number of rotatable bonds is 4. The fraction of sp³-hybridized carbons (Fsp3) is 0.200. The molecule has 0 fully saturated rings. The zero-order valence-corrected chi connectivity index (χ0v) is 10.9. The topological polar surface area (TPSA) is 89.2 Å². The lowest BCUT2D eigenvalue weighted by molar-refractivity contribution is -0.387. The summed E-state index contributed by atoms with van der Waals surface area (Å²) >= 11 is 2.37. The van der Waals surface area contributed by atoms with Crippen molar-refractivity contribution in [2.45, 2.75) is 22.3 Å². The fourth-order valence-corrected chi connectivity index (χ4v) is 2.81. The first-order chi connectivity index (χ1) is 8.58. The average Bonchev–Trinajstić information content (AvgIpc) is 2.81. The Labute approximate surface area is 111 Å². The zero-order valence-electron chi connectivity index (χ0n) is 9.31. The molecule has 0 aliphatic rings. The lowest BCUT2D eigenvalue weighted by Crippen LogP contribution is -1.96. The molecule has 1 atom stereocenters. The van der Waals surface area contributed by atoms with Crippen LogP contribution in [-0.2, 0) is 0 Å². The van der Waals surface area contributed by atoms with Gasteiger partial charge in [-0.2, -0.15) is 4.37 Å². The van der Waals surface area contributed by atoms with Gasteiger partial charge in [-0.1, -0.05) is 17.8 Å². The van der Waals surface area contributed by atoms with E-state index in [4.69, 9.17) is 0 Å². The van der Waals surface area contributed by atoms with E-state index in [9.17, 15) is 15.2 Å². The first-order valence-corrected chi connectivity index (χ1v) is 6.58. The van der Waals surface area contributed by atoms with Gasteiger partial charge in [0.05, 0.1) is 15.9 Å². The van der Waals surface area contributed by atoms with E-state index < -0.39 is 11.0 Å². The maximum Gasteiger partial charge on any atom is 0.283 e. The van der Waals surface area contributed by atoms with Crippen molar-refractivity contribution in [2.24, 2.45) is 0 Å². The molecule has 0 aliphatic carbocycles. The van der Waals surface area contributed by atoms with Crippen LogP contribution in [0.15, 0.2) is 33.8 Å². The third-order valence-electron chi connectivity index (χ3n) is 2.20. The van der Waals surface area contributed by atoms with Crippen molar-refractivity contribution in [3.63, 3.8) is 0 Å². The lowest BCUT2D eigenvalue weighted by atomic mass is 10.1. The minimum absolute atomic E-state index is 0.0337. The van der Waals surface area contributed by atoms with E-state index in [1.807, 2.05) is 0 Å². The molecular formula is C10H9N3O3S2. The molecule has 0 amide bonds. The molecule has 0 unspecified atom stereocenters. The minimum atomic E-state index is -0.732. The summed E-state index contributed by atoms with van der Waals surface area (Å²) in [6, 6.07) is 4.67. The van der Waals surface area contributed by atoms with Gasteiger partial charge in [0.2, 0.25) is 0 Å². The summed E-state index contributed by atoms with van der Waals surface area (Å²) in [6.07, 6.45) is 0.674. The Kier molecular flexibility index (Phi) is 3.90. The largest absolute Gasteiger partial charge is 0.389 e. The third-order valence-corrected chi connectivity index (χ3v) is 3.98. The molecule has 0 aliphatic heterocycles. The predicted molar refractivity (Wildman–Crippen MR) is 67.8 cm³/mol. The van der Waals surface area contributed by atoms with Gasteiger partial charge in [0.15, 0.2) is 4.34 Å². The van der Waals surface area contributed by atoms with Gasteiger partial charge in [-0.05, 0) is 30.1 Å². The number of aliphatic hydroxyl groups is 1. The number of hydrogen-bond acceptors (Lipinski definition) is 7. The molecule has 1 N–H and O–H groups in total. The average molecular weight is 283 g/mol. The number of nitrogens with zero attached hydrogens (tertiary/aromatic N) is 3. The second-order valence-electron chi connectivity index (χ2n) is 3.47. The molecule has 1 heterocycles. The van der Waals surface area contributed by atoms with Crippen LogP contribution in [0.5, 0.6) is 0 Å². The number of hydrogen-bond donors (Lipinski definition) is 1. The van der Waals surface area contributed by atoms with Crippen molar-refractivity contribution < 1.29 is 10.0 Å². The van der Waals surface area contributed by atoms with Crippen LogP contribution >= 0.6 is 23.3 Å². The van der Waals surface area contributed by atoms with Crippen LogP contribution in [0, 0.1) is 10.1 Å². The summed E-state index contributed by atoms with van der Waals surface area (Å²) in [5.74, 6) is 0. The van der Waals surface area contributed by atoms with E-state index >= 15 is 0 Å². The highest BCUT2D eigenvalue weighted by atomic mass is 32.2. The summed E-state index contributed by atoms with van der Waals surface area (Å²) in [4.78, 5) is 15.0. The maximum atomic E-state index is 11.0. The molecule has 6 nitrogen and oxygen atoms in total. The molecule has 18 heavy (non-hydrogen) atoms. The second-order valence-corrected chi connectivity index (χ2v) is 5.54. The minimum Gasteiger partial charge on any atom is -0.389 e. The van der Waals surface area contributed by atoms with Crippen LogP contribution in [0.25, 0.3) is 0 Å². The molecule has 8 heteroatoms. The predicted octanol–water partition coefficient (Wildman–Crippen LogP) is 2.65. The fourth-order valence-electron chi connectivity index (χ4n) is 1.33. The lowest BCUT2D eigenvalue weighted by Gasteiger charge is -2.06. The number of nitro groups is 1. The van der Waals surface area contributed by atoms with Crippen LogP contribution < -0.4 is 0 Å². The summed E-state index contributed by atoms with van der Waals surface area (Å²) < 4.78 is 4.48. The van der Waals surface area contributed by atoms with Gasteiger partial charge in [-0.3, -0.25) is 10.1 Å². The van der Waals surface area contributed by atoms with Crippen LogP contribution in [0.2, 0.25) is 0 Å². The Morgan fingerprint density at radius 1 is 1.56 bits per heavy atom. The van der Waals surface area contributed by atoms with Gasteiger partial charge < -0.3 is 5.11 Å². The molecule has 0 radical (unpaired) electrons. The molecular weight excluding hydrogens is 274 g/mol. The standard InChI is InChI=1S/C10H9N3O3S2/c1-6(14)7-2-3-9(8(4-7)13(15)16)17-10-11-5-12-18-10/h2-6,14H,1H3/t6-/m1/s1. The molecule has 0 saturated heterocycles. The Bertz CT molecular complexity index is 558. The van der Waals surface area contributed by atoms with Gasteiger partial charge in [-0.25, -0.2) is 4.98 Å². The Morgan fingerprint density at radius 3 is 2.89 bits per heavy atom. The zero-order chi connectivity index (χ0) is 13.1. The van der Waals surface area contributed by atoms with Gasteiger partial charge in [0, 0.05) is 6.07 Å². The highest BCUT2D eigenvalue weighted by molar-refractivity contribution is 8.01. The molecule has 0 bridgehead atoms. The Morgan fingerprint density at radius 2 is 2.33 bits per heavy atom. The summed E-state index contributed by atoms with van der Waals surface area (Å²) in [5.41, 5.74) is 0.483. The van der Waals surface area contributed by atoms with Crippen molar-refractivity contribution in [1.29, 1.82) is 0 Å². The van der Waals surface area contributed by atoms with Crippen molar-refractivity contribution >= 4 is 29.0 Å². The van der Waals surface area contributed by atoms with E-state index in [-0.39, 0.29) is 5.69 Å². The van der Waals surface area contributed by atoms with Crippen LogP contribution in [0.3, 0.4) is 0 Å². The number of nitro benzene ring substituents is 1. The first-order valence-electron chi connectivity index (χ1n) is 4.99. The van der Waals surface area contributed by atoms with Crippen molar-refractivity contribution in [3.8, 4) is 0 Å². The molecule has 94 valence electrons. The SMILES string of the molecule is C[C@@H](O)c1ccc(Sc2ncns2)c([N+](=O)[O-])c1. The molecule has 2 rings (SSSR count).